The van der Waals surface area contributed by atoms with Gasteiger partial charge in [-0.3, -0.25) is 0 Å². The van der Waals surface area contributed by atoms with Gasteiger partial charge in [-0.05, 0) is 12.5 Å². The normalized spacial score (nSPS) is 29.1. The molecule has 140 valence electrons. The van der Waals surface area contributed by atoms with Gasteiger partial charge in [0.1, 0.15) is 30.2 Å². The number of rotatable bonds is 7. The Bertz CT molecular complexity index is 588. The minimum Gasteiger partial charge on any atom is -0.496 e. The van der Waals surface area contributed by atoms with Crippen LogP contribution in [-0.4, -0.2) is 72.0 Å². The maximum atomic E-state index is 10.1. The summed E-state index contributed by atoms with van der Waals surface area (Å²) in [5, 5.41) is 39.0. The Morgan fingerprint density at radius 3 is 2.28 bits per heavy atom. The molecule has 8 heteroatoms. The largest absolute Gasteiger partial charge is 0.496 e. The molecule has 1 heterocycles. The van der Waals surface area contributed by atoms with Crippen molar-refractivity contribution >= 4 is 0 Å². The first kappa shape index (κ1) is 19.5. The molecule has 1 aromatic carbocycles. The fourth-order valence-electron chi connectivity index (χ4n) is 2.63. The highest BCUT2D eigenvalue weighted by Crippen LogP contribution is 2.37. The van der Waals surface area contributed by atoms with Crippen molar-refractivity contribution in [1.29, 1.82) is 0 Å². The van der Waals surface area contributed by atoms with Crippen LogP contribution >= 0.6 is 0 Å². The molecule has 0 bridgehead atoms. The molecule has 0 aromatic heterocycles. The molecule has 0 radical (unpaired) electrons. The number of hydrogen-bond acceptors (Lipinski definition) is 8. The second kappa shape index (κ2) is 8.50. The SMILES string of the molecule is C=CCc1cc(OC)c(OC2OC(CO)C(O)C(O)C2O)cc1OC. The number of aliphatic hydroxyl groups excluding tert-OH is 4. The summed E-state index contributed by atoms with van der Waals surface area (Å²) in [7, 11) is 2.96. The summed E-state index contributed by atoms with van der Waals surface area (Å²) in [6, 6.07) is 3.28. The highest BCUT2D eigenvalue weighted by atomic mass is 16.7. The Balaban J connectivity index is 2.30. The molecule has 8 nitrogen and oxygen atoms in total. The smallest absolute Gasteiger partial charge is 0.229 e. The van der Waals surface area contributed by atoms with Crippen molar-refractivity contribution in [3.8, 4) is 17.2 Å². The van der Waals surface area contributed by atoms with Gasteiger partial charge < -0.3 is 39.4 Å². The first-order chi connectivity index (χ1) is 12.0. The number of aliphatic hydroxyl groups is 4. The molecule has 0 saturated carbocycles. The molecule has 5 atom stereocenters. The predicted octanol–water partition coefficient (Wildman–Crippen LogP) is -0.389. The lowest BCUT2D eigenvalue weighted by Gasteiger charge is -2.39. The molecule has 2 rings (SSSR count). The molecular formula is C17H24O8. The first-order valence-corrected chi connectivity index (χ1v) is 7.79. The minimum atomic E-state index is -1.52. The molecule has 5 unspecified atom stereocenters. The topological polar surface area (TPSA) is 118 Å². The summed E-state index contributed by atoms with van der Waals surface area (Å²) in [5.74, 6) is 1.12. The first-order valence-electron chi connectivity index (χ1n) is 7.79. The molecule has 4 N–H and O–H groups in total. The number of methoxy groups -OCH3 is 2. The fourth-order valence-corrected chi connectivity index (χ4v) is 2.63. The highest BCUT2D eigenvalue weighted by Gasteiger charge is 2.45. The van der Waals surface area contributed by atoms with Crippen LogP contribution in [0.15, 0.2) is 24.8 Å². The Morgan fingerprint density at radius 2 is 1.72 bits per heavy atom. The monoisotopic (exact) mass is 356 g/mol. The lowest BCUT2D eigenvalue weighted by molar-refractivity contribution is -0.277. The van der Waals surface area contributed by atoms with Crippen LogP contribution in [0.4, 0.5) is 0 Å². The summed E-state index contributed by atoms with van der Waals surface area (Å²) in [4.78, 5) is 0. The van der Waals surface area contributed by atoms with Gasteiger partial charge in [0, 0.05) is 11.6 Å². The van der Waals surface area contributed by atoms with Crippen LogP contribution in [0.2, 0.25) is 0 Å². The van der Waals surface area contributed by atoms with E-state index in [2.05, 4.69) is 6.58 Å². The zero-order valence-electron chi connectivity index (χ0n) is 14.2. The Labute approximate surface area is 145 Å². The Hall–Kier alpha value is -1.84. The van der Waals surface area contributed by atoms with Crippen molar-refractivity contribution in [2.45, 2.75) is 37.1 Å². The van der Waals surface area contributed by atoms with E-state index >= 15 is 0 Å². The van der Waals surface area contributed by atoms with Crippen molar-refractivity contribution in [2.24, 2.45) is 0 Å². The molecule has 0 aliphatic carbocycles. The summed E-state index contributed by atoms with van der Waals surface area (Å²) in [6.07, 6.45) is -4.58. The van der Waals surface area contributed by atoms with Crippen LogP contribution in [0.25, 0.3) is 0 Å². The number of hydrogen-bond donors (Lipinski definition) is 4. The third-order valence-corrected chi connectivity index (χ3v) is 4.02. The Kier molecular flexibility index (Phi) is 6.63. The van der Waals surface area contributed by atoms with Gasteiger partial charge in [-0.1, -0.05) is 6.08 Å². The average Bonchev–Trinajstić information content (AvgIpc) is 2.62. The quantitative estimate of drug-likeness (QED) is 0.488. The minimum absolute atomic E-state index is 0.219. The molecule has 1 fully saturated rings. The molecule has 0 spiro atoms. The highest BCUT2D eigenvalue weighted by molar-refractivity contribution is 5.51. The molecule has 1 aliphatic heterocycles. The van der Waals surface area contributed by atoms with E-state index in [0.29, 0.717) is 17.9 Å². The summed E-state index contributed by atoms with van der Waals surface area (Å²) < 4.78 is 21.6. The van der Waals surface area contributed by atoms with Crippen LogP contribution in [-0.2, 0) is 11.2 Å². The van der Waals surface area contributed by atoms with Gasteiger partial charge in [0.2, 0.25) is 6.29 Å². The van der Waals surface area contributed by atoms with E-state index in [1.807, 2.05) is 0 Å². The van der Waals surface area contributed by atoms with Gasteiger partial charge >= 0.3 is 0 Å². The third kappa shape index (κ3) is 4.05. The van der Waals surface area contributed by atoms with Crippen molar-refractivity contribution < 1.29 is 39.4 Å². The van der Waals surface area contributed by atoms with E-state index < -0.39 is 37.3 Å². The van der Waals surface area contributed by atoms with Gasteiger partial charge in [0.05, 0.1) is 20.8 Å². The molecule has 1 aromatic rings. The van der Waals surface area contributed by atoms with Crippen molar-refractivity contribution in [2.75, 3.05) is 20.8 Å². The number of benzene rings is 1. The van der Waals surface area contributed by atoms with Gasteiger partial charge in [0.15, 0.2) is 11.5 Å². The maximum Gasteiger partial charge on any atom is 0.229 e. The lowest BCUT2D eigenvalue weighted by Crippen LogP contribution is -2.60. The molecule has 25 heavy (non-hydrogen) atoms. The van der Waals surface area contributed by atoms with Crippen LogP contribution in [0.3, 0.4) is 0 Å². The molecule has 1 saturated heterocycles. The molecule has 1 aliphatic rings. The van der Waals surface area contributed by atoms with Crippen LogP contribution in [0, 0.1) is 0 Å². The summed E-state index contributed by atoms with van der Waals surface area (Å²) >= 11 is 0. The third-order valence-electron chi connectivity index (χ3n) is 4.02. The molecule has 0 amide bonds. The van der Waals surface area contributed by atoms with Crippen LogP contribution < -0.4 is 14.2 Å². The second-order valence-electron chi connectivity index (χ2n) is 5.62. The van der Waals surface area contributed by atoms with E-state index in [4.69, 9.17) is 18.9 Å². The lowest BCUT2D eigenvalue weighted by atomic mass is 9.99. The summed E-state index contributed by atoms with van der Waals surface area (Å²) in [5.41, 5.74) is 0.829. The summed E-state index contributed by atoms with van der Waals surface area (Å²) in [6.45, 7) is 3.15. The van der Waals surface area contributed by atoms with E-state index in [0.717, 1.165) is 5.56 Å². The predicted molar refractivity (Wildman–Crippen MR) is 87.8 cm³/mol. The van der Waals surface area contributed by atoms with E-state index in [1.54, 1.807) is 18.2 Å². The van der Waals surface area contributed by atoms with Gasteiger partial charge in [-0.25, -0.2) is 0 Å². The standard InChI is InChI=1S/C17H24O8/c1-4-5-9-6-11(23-3)12(7-10(9)22-2)24-17-16(21)15(20)14(19)13(8-18)25-17/h4,6-7,13-21H,1,5,8H2,2-3H3. The zero-order chi connectivity index (χ0) is 18.6. The van der Waals surface area contributed by atoms with Crippen molar-refractivity contribution in [1.82, 2.24) is 0 Å². The fraction of sp³-hybridized carbons (Fsp3) is 0.529. The van der Waals surface area contributed by atoms with Crippen molar-refractivity contribution in [3.63, 3.8) is 0 Å². The van der Waals surface area contributed by atoms with Gasteiger partial charge in [-0.15, -0.1) is 6.58 Å². The van der Waals surface area contributed by atoms with Crippen LogP contribution in [0.5, 0.6) is 17.2 Å². The molecular weight excluding hydrogens is 332 g/mol. The maximum absolute atomic E-state index is 10.1. The van der Waals surface area contributed by atoms with Crippen molar-refractivity contribution in [3.05, 3.63) is 30.4 Å². The van der Waals surface area contributed by atoms with Gasteiger partial charge in [0.25, 0.3) is 0 Å². The second-order valence-corrected chi connectivity index (χ2v) is 5.62. The van der Waals surface area contributed by atoms with E-state index in [9.17, 15) is 20.4 Å². The number of allylic oxidation sites excluding steroid dienone is 1. The van der Waals surface area contributed by atoms with Gasteiger partial charge in [-0.2, -0.15) is 0 Å². The zero-order valence-corrected chi connectivity index (χ0v) is 14.2. The average molecular weight is 356 g/mol. The van der Waals surface area contributed by atoms with E-state index in [-0.39, 0.29) is 5.75 Å². The Morgan fingerprint density at radius 1 is 1.04 bits per heavy atom. The van der Waals surface area contributed by atoms with E-state index in [1.165, 1.54) is 14.2 Å². The number of ether oxygens (including phenoxy) is 4. The van der Waals surface area contributed by atoms with Crippen LogP contribution in [0.1, 0.15) is 5.56 Å².